The fraction of sp³-hybridized carbons (Fsp3) is 0.357. The van der Waals surface area contributed by atoms with Crippen molar-refractivity contribution >= 4 is 35.2 Å². The van der Waals surface area contributed by atoms with E-state index in [1.54, 1.807) is 19.1 Å². The van der Waals surface area contributed by atoms with Crippen LogP contribution in [0.3, 0.4) is 0 Å². The van der Waals surface area contributed by atoms with E-state index in [1.165, 1.54) is 17.8 Å². The number of aliphatic carboxylic acids is 1. The molecule has 0 bridgehead atoms. The third-order valence-electron chi connectivity index (χ3n) is 3.23. The van der Waals surface area contributed by atoms with Crippen molar-refractivity contribution in [3.8, 4) is 0 Å². The minimum Gasteiger partial charge on any atom is -0.479 e. The van der Waals surface area contributed by atoms with Crippen LogP contribution in [-0.2, 0) is 9.59 Å². The number of carboxylic acid groups (broad SMARTS) is 1. The van der Waals surface area contributed by atoms with Gasteiger partial charge in [-0.2, -0.15) is 0 Å². The van der Waals surface area contributed by atoms with Crippen LogP contribution < -0.4 is 10.6 Å². The molecule has 2 rings (SSSR count). The van der Waals surface area contributed by atoms with Gasteiger partial charge >= 0.3 is 5.97 Å². The average molecular weight is 324 g/mol. The Morgan fingerprint density at radius 3 is 2.77 bits per heavy atom. The second kappa shape index (κ2) is 5.98. The molecule has 0 saturated heterocycles. The van der Waals surface area contributed by atoms with Gasteiger partial charge in [-0.1, -0.05) is 0 Å². The van der Waals surface area contributed by atoms with Gasteiger partial charge in [0.1, 0.15) is 0 Å². The molecule has 0 spiro atoms. The monoisotopic (exact) mass is 324 g/mol. The maximum Gasteiger partial charge on any atom is 0.337 e. The van der Waals surface area contributed by atoms with Gasteiger partial charge in [-0.15, -0.1) is 11.8 Å². The summed E-state index contributed by atoms with van der Waals surface area (Å²) in [7, 11) is 0. The molecule has 0 aromatic heterocycles. The SMILES string of the molecule is CC1Sc2ccc(C(=O)NCC(C)(O)C(=O)O)cc2NC1=O. The predicted octanol–water partition coefficient (Wildman–Crippen LogP) is 0.685. The molecule has 1 aliphatic heterocycles. The van der Waals surface area contributed by atoms with E-state index >= 15 is 0 Å². The van der Waals surface area contributed by atoms with Gasteiger partial charge in [0.05, 0.1) is 17.5 Å². The first kappa shape index (κ1) is 16.3. The number of carboxylic acids is 1. The number of rotatable bonds is 4. The standard InChI is InChI=1S/C14H16N2O5S/c1-7-11(17)16-9-5-8(3-4-10(9)22-7)12(18)15-6-14(2,21)13(19)20/h3-5,7,21H,6H2,1-2H3,(H,15,18)(H,16,17)(H,19,20). The molecule has 1 heterocycles. The largest absolute Gasteiger partial charge is 0.479 e. The Balaban J connectivity index is 2.10. The van der Waals surface area contributed by atoms with E-state index < -0.39 is 24.0 Å². The topological polar surface area (TPSA) is 116 Å². The third-order valence-corrected chi connectivity index (χ3v) is 4.40. The molecule has 0 fully saturated rings. The summed E-state index contributed by atoms with van der Waals surface area (Å²) in [5, 5.41) is 23.2. The van der Waals surface area contributed by atoms with E-state index in [-0.39, 0.29) is 16.7 Å². The van der Waals surface area contributed by atoms with Crippen molar-refractivity contribution in [1.29, 1.82) is 0 Å². The van der Waals surface area contributed by atoms with Crippen LogP contribution >= 0.6 is 11.8 Å². The lowest BCUT2D eigenvalue weighted by atomic mass is 10.1. The third kappa shape index (κ3) is 3.40. The number of hydrogen-bond acceptors (Lipinski definition) is 5. The number of carbonyl (C=O) groups is 3. The smallest absolute Gasteiger partial charge is 0.337 e. The number of hydrogen-bond donors (Lipinski definition) is 4. The molecular weight excluding hydrogens is 308 g/mol. The first-order chi connectivity index (χ1) is 10.2. The summed E-state index contributed by atoms with van der Waals surface area (Å²) in [4.78, 5) is 35.3. The molecule has 1 aromatic rings. The molecule has 4 N–H and O–H groups in total. The molecule has 2 amide bonds. The maximum atomic E-state index is 12.0. The van der Waals surface area contributed by atoms with Crippen molar-refractivity contribution in [1.82, 2.24) is 5.32 Å². The Morgan fingerprint density at radius 1 is 1.45 bits per heavy atom. The number of carbonyl (C=O) groups excluding carboxylic acids is 2. The molecule has 2 unspecified atom stereocenters. The van der Waals surface area contributed by atoms with Crippen LogP contribution in [0, 0.1) is 0 Å². The molecule has 0 radical (unpaired) electrons. The van der Waals surface area contributed by atoms with Crippen molar-refractivity contribution in [2.45, 2.75) is 29.6 Å². The lowest BCUT2D eigenvalue weighted by Gasteiger charge is -2.22. The van der Waals surface area contributed by atoms with Crippen molar-refractivity contribution in [2.75, 3.05) is 11.9 Å². The summed E-state index contributed by atoms with van der Waals surface area (Å²) in [6.07, 6.45) is 0. The van der Waals surface area contributed by atoms with E-state index in [0.717, 1.165) is 11.8 Å². The molecule has 1 aliphatic rings. The Hall–Kier alpha value is -2.06. The normalized spacial score (nSPS) is 19.6. The zero-order valence-electron chi connectivity index (χ0n) is 12.0. The second-order valence-electron chi connectivity index (χ2n) is 5.22. The highest BCUT2D eigenvalue weighted by atomic mass is 32.2. The minimum absolute atomic E-state index is 0.135. The van der Waals surface area contributed by atoms with Gasteiger partial charge in [-0.25, -0.2) is 4.79 Å². The summed E-state index contributed by atoms with van der Waals surface area (Å²) in [5.41, 5.74) is -1.22. The zero-order valence-corrected chi connectivity index (χ0v) is 12.9. The maximum absolute atomic E-state index is 12.0. The van der Waals surface area contributed by atoms with Crippen molar-refractivity contribution in [3.05, 3.63) is 23.8 Å². The van der Waals surface area contributed by atoms with Crippen LogP contribution in [-0.4, -0.2) is 45.4 Å². The van der Waals surface area contributed by atoms with Crippen LogP contribution in [0.25, 0.3) is 0 Å². The first-order valence-electron chi connectivity index (χ1n) is 6.56. The zero-order chi connectivity index (χ0) is 16.5. The van der Waals surface area contributed by atoms with E-state index in [4.69, 9.17) is 5.11 Å². The van der Waals surface area contributed by atoms with E-state index in [0.29, 0.717) is 5.69 Å². The number of aliphatic hydroxyl groups is 1. The Bertz CT molecular complexity index is 644. The first-order valence-corrected chi connectivity index (χ1v) is 7.44. The summed E-state index contributed by atoms with van der Waals surface area (Å²) >= 11 is 1.40. The van der Waals surface area contributed by atoms with Gasteiger partial charge in [-0.05, 0) is 32.0 Å². The number of benzene rings is 1. The molecular formula is C14H16N2O5S. The molecule has 8 heteroatoms. The molecule has 22 heavy (non-hydrogen) atoms. The van der Waals surface area contributed by atoms with Gasteiger partial charge in [0.15, 0.2) is 5.60 Å². The molecule has 2 atom stereocenters. The predicted molar refractivity (Wildman–Crippen MR) is 81.0 cm³/mol. The summed E-state index contributed by atoms with van der Waals surface area (Å²) in [6, 6.07) is 4.83. The van der Waals surface area contributed by atoms with Crippen molar-refractivity contribution < 1.29 is 24.6 Å². The average Bonchev–Trinajstić information content (AvgIpc) is 2.45. The van der Waals surface area contributed by atoms with Gasteiger partial charge in [0.25, 0.3) is 5.91 Å². The molecule has 118 valence electrons. The van der Waals surface area contributed by atoms with Gasteiger partial charge in [0, 0.05) is 10.5 Å². The van der Waals surface area contributed by atoms with Crippen LogP contribution in [0.5, 0.6) is 0 Å². The molecule has 1 aromatic carbocycles. The van der Waals surface area contributed by atoms with Crippen molar-refractivity contribution in [3.63, 3.8) is 0 Å². The molecule has 7 nitrogen and oxygen atoms in total. The fourth-order valence-electron chi connectivity index (χ4n) is 1.78. The van der Waals surface area contributed by atoms with Crippen LogP contribution in [0.4, 0.5) is 5.69 Å². The summed E-state index contributed by atoms with van der Waals surface area (Å²) < 4.78 is 0. The highest BCUT2D eigenvalue weighted by molar-refractivity contribution is 8.00. The summed E-state index contributed by atoms with van der Waals surface area (Å²) in [5.74, 6) is -2.08. The lowest BCUT2D eigenvalue weighted by Crippen LogP contribution is -2.46. The van der Waals surface area contributed by atoms with Gasteiger partial charge in [-0.3, -0.25) is 9.59 Å². The fourth-order valence-corrected chi connectivity index (χ4v) is 2.71. The lowest BCUT2D eigenvalue weighted by molar-refractivity contribution is -0.155. The van der Waals surface area contributed by atoms with Gasteiger partial charge in [0.2, 0.25) is 5.91 Å². The van der Waals surface area contributed by atoms with Crippen LogP contribution in [0.1, 0.15) is 24.2 Å². The number of anilines is 1. The molecule has 0 aliphatic carbocycles. The van der Waals surface area contributed by atoms with Crippen molar-refractivity contribution in [2.24, 2.45) is 0 Å². The number of thioether (sulfide) groups is 1. The van der Waals surface area contributed by atoms with Crippen LogP contribution in [0.2, 0.25) is 0 Å². The van der Waals surface area contributed by atoms with Crippen LogP contribution in [0.15, 0.2) is 23.1 Å². The highest BCUT2D eigenvalue weighted by Gasteiger charge is 2.30. The van der Waals surface area contributed by atoms with E-state index in [1.807, 2.05) is 0 Å². The number of fused-ring (bicyclic) bond motifs is 1. The second-order valence-corrected chi connectivity index (χ2v) is 6.60. The summed E-state index contributed by atoms with van der Waals surface area (Å²) in [6.45, 7) is 2.47. The van der Waals surface area contributed by atoms with E-state index in [9.17, 15) is 19.5 Å². The Kier molecular flexibility index (Phi) is 4.43. The quantitative estimate of drug-likeness (QED) is 0.647. The number of nitrogens with one attached hydrogen (secondary N) is 2. The minimum atomic E-state index is -2.04. The molecule has 0 saturated carbocycles. The highest BCUT2D eigenvalue weighted by Crippen LogP contribution is 2.35. The number of amides is 2. The van der Waals surface area contributed by atoms with Gasteiger partial charge < -0.3 is 20.8 Å². The Morgan fingerprint density at radius 2 is 2.14 bits per heavy atom. The van der Waals surface area contributed by atoms with E-state index in [2.05, 4.69) is 10.6 Å². The Labute approximate surface area is 131 Å².